The molecule has 0 spiro atoms. The van der Waals surface area contributed by atoms with E-state index >= 15 is 0 Å². The van der Waals surface area contributed by atoms with Crippen LogP contribution in [0.15, 0.2) is 42.5 Å². The number of halogens is 1. The largest absolute Gasteiger partial charge is 0.369 e. The van der Waals surface area contributed by atoms with Crippen LogP contribution in [0, 0.1) is 11.3 Å². The van der Waals surface area contributed by atoms with E-state index in [1.807, 2.05) is 12.1 Å². The van der Waals surface area contributed by atoms with Crippen LogP contribution in [0.25, 0.3) is 11.1 Å². The maximum absolute atomic E-state index is 12.3. The summed E-state index contributed by atoms with van der Waals surface area (Å²) in [5.41, 5.74) is 9.28. The fourth-order valence-corrected chi connectivity index (χ4v) is 4.96. The molecule has 1 unspecified atom stereocenters. The predicted octanol–water partition coefficient (Wildman–Crippen LogP) is 2.07. The lowest BCUT2D eigenvalue weighted by atomic mass is 10.0. The number of ketones is 1. The van der Waals surface area contributed by atoms with Gasteiger partial charge in [0.25, 0.3) is 5.91 Å². The number of nitrogens with one attached hydrogen (secondary N) is 1. The Morgan fingerprint density at radius 2 is 1.87 bits per heavy atom. The number of primary amides is 1. The van der Waals surface area contributed by atoms with Crippen LogP contribution in [0.3, 0.4) is 0 Å². The van der Waals surface area contributed by atoms with Crippen molar-refractivity contribution in [2.75, 3.05) is 44.2 Å². The number of carbonyl (C=O) groups is 2. The summed E-state index contributed by atoms with van der Waals surface area (Å²) in [5, 5.41) is 13.3. The van der Waals surface area contributed by atoms with E-state index in [1.165, 1.54) is 5.69 Å². The lowest BCUT2D eigenvalue weighted by Crippen LogP contribution is -2.58. The van der Waals surface area contributed by atoms with Crippen molar-refractivity contribution in [1.29, 1.82) is 5.26 Å². The summed E-state index contributed by atoms with van der Waals surface area (Å²) in [6.07, 6.45) is 0.0248. The molecule has 31 heavy (non-hydrogen) atoms. The van der Waals surface area contributed by atoms with Crippen LogP contribution in [0.5, 0.6) is 0 Å². The first-order valence-electron chi connectivity index (χ1n) is 10.4. The normalized spacial score (nSPS) is 23.5. The Hall–Kier alpha value is -2.92. The van der Waals surface area contributed by atoms with Crippen molar-refractivity contribution in [3.8, 4) is 17.2 Å². The molecule has 0 saturated carbocycles. The Morgan fingerprint density at radius 3 is 2.52 bits per heavy atom. The van der Waals surface area contributed by atoms with Crippen LogP contribution in [-0.2, 0) is 9.59 Å². The molecule has 0 aromatic heterocycles. The molecule has 2 heterocycles. The van der Waals surface area contributed by atoms with Gasteiger partial charge in [-0.25, -0.2) is 0 Å². The molecule has 0 bridgehead atoms. The zero-order valence-electron chi connectivity index (χ0n) is 17.2. The highest BCUT2D eigenvalue weighted by Gasteiger charge is 2.52. The molecule has 2 aliphatic rings. The highest BCUT2D eigenvalue weighted by molar-refractivity contribution is 6.33. The van der Waals surface area contributed by atoms with Crippen molar-refractivity contribution in [3.05, 3.63) is 47.5 Å². The molecule has 4 rings (SSSR count). The van der Waals surface area contributed by atoms with Crippen molar-refractivity contribution in [3.63, 3.8) is 0 Å². The smallest absolute Gasteiger partial charge is 0.276 e. The van der Waals surface area contributed by atoms with Gasteiger partial charge in [0, 0.05) is 37.9 Å². The van der Waals surface area contributed by atoms with Gasteiger partial charge >= 0.3 is 0 Å². The summed E-state index contributed by atoms with van der Waals surface area (Å²) in [5.74, 6) is -0.691. The molecule has 8 heteroatoms. The highest BCUT2D eigenvalue weighted by atomic mass is 35.5. The lowest BCUT2D eigenvalue weighted by molar-refractivity contribution is -0.122. The van der Waals surface area contributed by atoms with Crippen molar-refractivity contribution >= 4 is 34.7 Å². The minimum absolute atomic E-state index is 0.0248. The molecular formula is C23H25ClN5O2+. The first kappa shape index (κ1) is 21.3. The molecule has 160 valence electrons. The van der Waals surface area contributed by atoms with E-state index in [0.29, 0.717) is 10.7 Å². The summed E-state index contributed by atoms with van der Waals surface area (Å²) in [4.78, 5) is 26.8. The molecular weight excluding hydrogens is 414 g/mol. The topological polar surface area (TPSA) is 99.2 Å². The predicted molar refractivity (Wildman–Crippen MR) is 122 cm³/mol. The van der Waals surface area contributed by atoms with Gasteiger partial charge in [0.15, 0.2) is 24.1 Å². The SMILES string of the molecule is N#CC[N+]1(c2cc(-c3ccc(N4CCNCC4)cc3)ccc2Cl)CC(=O)C[C@H]1C(N)=O. The number of benzene rings is 2. The maximum Gasteiger partial charge on any atom is 0.276 e. The van der Waals surface area contributed by atoms with Crippen LogP contribution in [0.4, 0.5) is 11.4 Å². The van der Waals surface area contributed by atoms with Crippen LogP contribution in [-0.4, -0.2) is 57.0 Å². The van der Waals surface area contributed by atoms with E-state index in [9.17, 15) is 14.9 Å². The molecule has 3 N–H and O–H groups in total. The third-order valence-electron chi connectivity index (χ3n) is 6.27. The Bertz CT molecular complexity index is 1040. The minimum atomic E-state index is -0.796. The van der Waals surface area contributed by atoms with Gasteiger partial charge in [-0.05, 0) is 29.3 Å². The van der Waals surface area contributed by atoms with E-state index in [1.54, 1.807) is 6.07 Å². The van der Waals surface area contributed by atoms with Crippen LogP contribution >= 0.6 is 11.6 Å². The highest BCUT2D eigenvalue weighted by Crippen LogP contribution is 2.40. The zero-order chi connectivity index (χ0) is 22.0. The van der Waals surface area contributed by atoms with E-state index in [4.69, 9.17) is 17.3 Å². The molecule has 0 radical (unpaired) electrons. The van der Waals surface area contributed by atoms with Crippen LogP contribution < -0.4 is 20.4 Å². The fourth-order valence-electron chi connectivity index (χ4n) is 4.68. The summed E-state index contributed by atoms with van der Waals surface area (Å²) >= 11 is 6.53. The van der Waals surface area contributed by atoms with Crippen molar-refractivity contribution < 1.29 is 9.59 Å². The lowest BCUT2D eigenvalue weighted by Gasteiger charge is -2.36. The standard InChI is InChI=1S/C23H24ClN5O2/c24-20-6-3-17(16-1-4-18(5-2-16)28-10-8-27-9-11-28)13-21(20)29(12-7-25)15-19(30)14-22(29)23(26)31/h1-6,13,22,27H,8-12,14-15H2,(H-,26,31)/p+1/t22-,29?/m0/s1. The quantitative estimate of drug-likeness (QED) is 0.550. The van der Waals surface area contributed by atoms with Crippen LogP contribution in [0.1, 0.15) is 6.42 Å². The van der Waals surface area contributed by atoms with Gasteiger partial charge in [0.1, 0.15) is 17.6 Å². The van der Waals surface area contributed by atoms with E-state index in [0.717, 1.165) is 37.3 Å². The van der Waals surface area contributed by atoms with Crippen LogP contribution in [0.2, 0.25) is 5.02 Å². The molecule has 2 aromatic carbocycles. The van der Waals surface area contributed by atoms with Gasteiger partial charge in [0.2, 0.25) is 0 Å². The Morgan fingerprint density at radius 1 is 1.19 bits per heavy atom. The molecule has 7 nitrogen and oxygen atoms in total. The number of piperazine rings is 1. The molecule has 2 aliphatic heterocycles. The molecule has 2 atom stereocenters. The zero-order valence-corrected chi connectivity index (χ0v) is 17.9. The number of hydrogen-bond acceptors (Lipinski definition) is 5. The number of nitriles is 1. The second kappa shape index (κ2) is 8.67. The van der Waals surface area contributed by atoms with E-state index in [2.05, 4.69) is 40.6 Å². The Balaban J connectivity index is 1.72. The molecule has 2 aromatic rings. The molecule has 1 amide bonds. The summed E-state index contributed by atoms with van der Waals surface area (Å²) in [7, 11) is 0. The van der Waals surface area contributed by atoms with Gasteiger partial charge in [-0.2, -0.15) is 5.26 Å². The fraction of sp³-hybridized carbons (Fsp3) is 0.348. The van der Waals surface area contributed by atoms with Gasteiger partial charge < -0.3 is 16.0 Å². The number of anilines is 1. The minimum Gasteiger partial charge on any atom is -0.369 e. The second-order valence-electron chi connectivity index (χ2n) is 8.12. The number of likely N-dealkylation sites (tertiary alicyclic amines) is 1. The average Bonchev–Trinajstić information content (AvgIpc) is 3.12. The van der Waals surface area contributed by atoms with E-state index in [-0.39, 0.29) is 29.8 Å². The summed E-state index contributed by atoms with van der Waals surface area (Å²) < 4.78 is -0.143. The Labute approximate surface area is 186 Å². The molecule has 0 aliphatic carbocycles. The average molecular weight is 439 g/mol. The van der Waals surface area contributed by atoms with Gasteiger partial charge in [-0.1, -0.05) is 29.8 Å². The number of hydrogen-bond donors (Lipinski definition) is 2. The number of quaternary nitrogens is 1. The monoisotopic (exact) mass is 438 g/mol. The number of carbonyl (C=O) groups excluding carboxylic acids is 2. The number of amides is 1. The number of Topliss-reactive ketones (excluding diaryl/α,β-unsaturated/α-hetero) is 1. The summed E-state index contributed by atoms with van der Waals surface area (Å²) in [6, 6.07) is 15.2. The van der Waals surface area contributed by atoms with Crippen molar-refractivity contribution in [2.45, 2.75) is 12.5 Å². The first-order chi connectivity index (χ1) is 14.9. The number of nitrogens with zero attached hydrogens (tertiary/aromatic N) is 3. The third kappa shape index (κ3) is 4.02. The molecule has 2 fully saturated rings. The van der Waals surface area contributed by atoms with Crippen molar-refractivity contribution in [1.82, 2.24) is 9.80 Å². The summed E-state index contributed by atoms with van der Waals surface area (Å²) in [6.45, 7) is 3.88. The van der Waals surface area contributed by atoms with Gasteiger partial charge in [-0.3, -0.25) is 14.1 Å². The van der Waals surface area contributed by atoms with Gasteiger partial charge in [-0.15, -0.1) is 0 Å². The van der Waals surface area contributed by atoms with Crippen molar-refractivity contribution in [2.24, 2.45) is 5.73 Å². The maximum atomic E-state index is 12.3. The molecule has 2 saturated heterocycles. The third-order valence-corrected chi connectivity index (χ3v) is 6.59. The van der Waals surface area contributed by atoms with E-state index < -0.39 is 11.9 Å². The number of nitrogens with two attached hydrogens (primary N) is 1. The van der Waals surface area contributed by atoms with Gasteiger partial charge in [0.05, 0.1) is 6.42 Å². The second-order valence-corrected chi connectivity index (χ2v) is 8.53. The first-order valence-corrected chi connectivity index (χ1v) is 10.7. The number of rotatable bonds is 5. The Kier molecular flexibility index (Phi) is 5.96.